The summed E-state index contributed by atoms with van der Waals surface area (Å²) in [5, 5.41) is 0. The number of morpholine rings is 1. The molecule has 0 aromatic rings. The zero-order chi connectivity index (χ0) is 12.5. The number of ether oxygens (including phenoxy) is 1. The van der Waals surface area contributed by atoms with Crippen LogP contribution in [0.4, 0.5) is 0 Å². The quantitative estimate of drug-likeness (QED) is 0.805. The highest BCUT2D eigenvalue weighted by Gasteiger charge is 2.39. The van der Waals surface area contributed by atoms with Crippen molar-refractivity contribution in [1.29, 1.82) is 0 Å². The molecule has 98 valence electrons. The lowest BCUT2D eigenvalue weighted by Gasteiger charge is -2.43. The summed E-state index contributed by atoms with van der Waals surface area (Å²) >= 11 is 0. The lowest BCUT2D eigenvalue weighted by molar-refractivity contribution is -0.146. The number of amides is 1. The summed E-state index contributed by atoms with van der Waals surface area (Å²) in [7, 11) is 0. The molecule has 0 bridgehead atoms. The number of nitrogens with two attached hydrogens (primary N) is 1. The third kappa shape index (κ3) is 2.80. The van der Waals surface area contributed by atoms with E-state index in [0.717, 1.165) is 25.9 Å². The maximum absolute atomic E-state index is 12.3. The van der Waals surface area contributed by atoms with Crippen LogP contribution in [0.2, 0.25) is 0 Å². The molecule has 2 rings (SSSR count). The van der Waals surface area contributed by atoms with Gasteiger partial charge >= 0.3 is 0 Å². The Morgan fingerprint density at radius 3 is 2.35 bits per heavy atom. The molecular formula is C13H24N2O2. The van der Waals surface area contributed by atoms with E-state index in [9.17, 15) is 4.79 Å². The van der Waals surface area contributed by atoms with Gasteiger partial charge in [-0.2, -0.15) is 0 Å². The molecule has 4 nitrogen and oxygen atoms in total. The monoisotopic (exact) mass is 240 g/mol. The van der Waals surface area contributed by atoms with Crippen molar-refractivity contribution < 1.29 is 9.53 Å². The van der Waals surface area contributed by atoms with Gasteiger partial charge in [0.05, 0.1) is 12.2 Å². The van der Waals surface area contributed by atoms with Crippen molar-refractivity contribution in [2.45, 2.75) is 51.7 Å². The van der Waals surface area contributed by atoms with Gasteiger partial charge in [0.25, 0.3) is 0 Å². The van der Waals surface area contributed by atoms with Crippen molar-refractivity contribution >= 4 is 5.91 Å². The van der Waals surface area contributed by atoms with Gasteiger partial charge < -0.3 is 15.4 Å². The molecule has 2 N–H and O–H groups in total. The first-order chi connectivity index (χ1) is 8.04. The molecule has 1 saturated carbocycles. The minimum Gasteiger partial charge on any atom is -0.372 e. The van der Waals surface area contributed by atoms with Crippen molar-refractivity contribution in [2.24, 2.45) is 11.1 Å². The molecule has 1 saturated heterocycles. The highest BCUT2D eigenvalue weighted by Crippen LogP contribution is 2.43. The summed E-state index contributed by atoms with van der Waals surface area (Å²) < 4.78 is 5.64. The lowest BCUT2D eigenvalue weighted by atomic mass is 9.66. The number of hydrogen-bond acceptors (Lipinski definition) is 3. The first-order valence-corrected chi connectivity index (χ1v) is 6.68. The molecule has 1 heterocycles. The second-order valence-electron chi connectivity index (χ2n) is 5.79. The molecule has 2 unspecified atom stereocenters. The van der Waals surface area contributed by atoms with E-state index in [2.05, 4.69) is 0 Å². The molecule has 0 radical (unpaired) electrons. The van der Waals surface area contributed by atoms with E-state index in [4.69, 9.17) is 10.5 Å². The van der Waals surface area contributed by atoms with Gasteiger partial charge in [-0.15, -0.1) is 0 Å². The minimum absolute atomic E-state index is 0.113. The van der Waals surface area contributed by atoms with Crippen molar-refractivity contribution in [3.05, 3.63) is 0 Å². The number of rotatable bonds is 3. The van der Waals surface area contributed by atoms with Gasteiger partial charge in [-0.1, -0.05) is 6.42 Å². The van der Waals surface area contributed by atoms with Crippen LogP contribution in [0.25, 0.3) is 0 Å². The molecule has 1 amide bonds. The van der Waals surface area contributed by atoms with Crippen LogP contribution in [0, 0.1) is 5.41 Å². The molecule has 0 aromatic heterocycles. The Balaban J connectivity index is 1.91. The van der Waals surface area contributed by atoms with E-state index in [1.807, 2.05) is 18.7 Å². The van der Waals surface area contributed by atoms with Crippen molar-refractivity contribution in [2.75, 3.05) is 19.6 Å². The van der Waals surface area contributed by atoms with Gasteiger partial charge in [0, 0.05) is 19.5 Å². The van der Waals surface area contributed by atoms with Gasteiger partial charge in [-0.25, -0.2) is 0 Å². The first-order valence-electron chi connectivity index (χ1n) is 6.68. The average Bonchev–Trinajstić information content (AvgIpc) is 2.21. The highest BCUT2D eigenvalue weighted by atomic mass is 16.5. The van der Waals surface area contributed by atoms with Crippen LogP contribution in [0.3, 0.4) is 0 Å². The summed E-state index contributed by atoms with van der Waals surface area (Å²) in [5.74, 6) is 0.261. The molecule has 0 spiro atoms. The van der Waals surface area contributed by atoms with Crippen molar-refractivity contribution in [3.8, 4) is 0 Å². The van der Waals surface area contributed by atoms with E-state index in [1.165, 1.54) is 6.42 Å². The van der Waals surface area contributed by atoms with Crippen molar-refractivity contribution in [3.63, 3.8) is 0 Å². The van der Waals surface area contributed by atoms with E-state index < -0.39 is 0 Å². The van der Waals surface area contributed by atoms with Crippen LogP contribution in [0.15, 0.2) is 0 Å². The predicted molar refractivity (Wildman–Crippen MR) is 66.5 cm³/mol. The van der Waals surface area contributed by atoms with Crippen LogP contribution < -0.4 is 5.73 Å². The van der Waals surface area contributed by atoms with Crippen LogP contribution >= 0.6 is 0 Å². The maximum atomic E-state index is 12.3. The van der Waals surface area contributed by atoms with Crippen LogP contribution in [0.1, 0.15) is 39.5 Å². The molecule has 17 heavy (non-hydrogen) atoms. The van der Waals surface area contributed by atoms with E-state index in [0.29, 0.717) is 13.0 Å². The molecule has 4 heteroatoms. The van der Waals surface area contributed by atoms with E-state index in [1.54, 1.807) is 0 Å². The Morgan fingerprint density at radius 2 is 1.94 bits per heavy atom. The number of carbonyl (C=O) groups excluding carboxylic acids is 1. The van der Waals surface area contributed by atoms with Gasteiger partial charge in [0.15, 0.2) is 0 Å². The molecule has 2 aliphatic rings. The molecular weight excluding hydrogens is 216 g/mol. The second kappa shape index (κ2) is 4.94. The van der Waals surface area contributed by atoms with Crippen LogP contribution in [-0.2, 0) is 9.53 Å². The van der Waals surface area contributed by atoms with Gasteiger partial charge in [0.1, 0.15) is 0 Å². The molecule has 0 aromatic carbocycles. The summed E-state index contributed by atoms with van der Waals surface area (Å²) in [4.78, 5) is 14.2. The first kappa shape index (κ1) is 12.8. The molecule has 1 aliphatic heterocycles. The predicted octanol–water partition coefficient (Wildman–Crippen LogP) is 1.14. The largest absolute Gasteiger partial charge is 0.372 e. The number of nitrogens with zero attached hydrogens (tertiary/aromatic N) is 1. The SMILES string of the molecule is CC1CN(C(=O)CC2(CN)CCC2)CC(C)O1. The molecule has 2 atom stereocenters. The summed E-state index contributed by atoms with van der Waals surface area (Å²) in [5.41, 5.74) is 5.92. The number of hydrogen-bond donors (Lipinski definition) is 1. The zero-order valence-electron chi connectivity index (χ0n) is 10.9. The number of carbonyl (C=O) groups is 1. The Labute approximate surface area is 103 Å². The zero-order valence-corrected chi connectivity index (χ0v) is 10.9. The average molecular weight is 240 g/mol. The Bertz CT molecular complexity index is 274. The Hall–Kier alpha value is -0.610. The van der Waals surface area contributed by atoms with Crippen LogP contribution in [-0.4, -0.2) is 42.6 Å². The summed E-state index contributed by atoms with van der Waals surface area (Å²) in [6.45, 7) is 6.15. The lowest BCUT2D eigenvalue weighted by Crippen LogP contribution is -2.50. The van der Waals surface area contributed by atoms with Gasteiger partial charge in [0.2, 0.25) is 5.91 Å². The summed E-state index contributed by atoms with van der Waals surface area (Å²) in [6, 6.07) is 0. The standard InChI is InChI=1S/C13H24N2O2/c1-10-7-15(8-11(2)17-10)12(16)6-13(9-14)4-3-5-13/h10-11H,3-9,14H2,1-2H3. The minimum atomic E-state index is 0.113. The van der Waals surface area contributed by atoms with Gasteiger partial charge in [-0.3, -0.25) is 4.79 Å². The van der Waals surface area contributed by atoms with E-state index in [-0.39, 0.29) is 23.5 Å². The van der Waals surface area contributed by atoms with Crippen molar-refractivity contribution in [1.82, 2.24) is 4.90 Å². The third-order valence-corrected chi connectivity index (χ3v) is 4.15. The topological polar surface area (TPSA) is 55.6 Å². The van der Waals surface area contributed by atoms with E-state index >= 15 is 0 Å². The Kier molecular flexibility index (Phi) is 3.73. The molecule has 1 aliphatic carbocycles. The van der Waals surface area contributed by atoms with Crippen LogP contribution in [0.5, 0.6) is 0 Å². The summed E-state index contributed by atoms with van der Waals surface area (Å²) in [6.07, 6.45) is 4.38. The fourth-order valence-electron chi connectivity index (χ4n) is 2.94. The van der Waals surface area contributed by atoms with Gasteiger partial charge in [-0.05, 0) is 38.6 Å². The maximum Gasteiger partial charge on any atom is 0.223 e. The second-order valence-corrected chi connectivity index (χ2v) is 5.79. The Morgan fingerprint density at radius 1 is 1.35 bits per heavy atom. The highest BCUT2D eigenvalue weighted by molar-refractivity contribution is 5.77. The third-order valence-electron chi connectivity index (χ3n) is 4.15. The smallest absolute Gasteiger partial charge is 0.223 e. The molecule has 2 fully saturated rings. The fraction of sp³-hybridized carbons (Fsp3) is 0.923. The fourth-order valence-corrected chi connectivity index (χ4v) is 2.94. The normalized spacial score (nSPS) is 32.1.